The van der Waals surface area contributed by atoms with Crippen LogP contribution in [0.1, 0.15) is 22.3 Å². The van der Waals surface area contributed by atoms with Crippen LogP contribution < -0.4 is 0 Å². The van der Waals surface area contributed by atoms with E-state index in [4.69, 9.17) is 29.9 Å². The molecule has 2 aliphatic carbocycles. The van der Waals surface area contributed by atoms with Crippen LogP contribution in [-0.2, 0) is 5.41 Å². The number of rotatable bonds is 6. The van der Waals surface area contributed by atoms with Crippen molar-refractivity contribution < 1.29 is 0 Å². The van der Waals surface area contributed by atoms with Gasteiger partial charge in [0.05, 0.1) is 5.41 Å². The van der Waals surface area contributed by atoms with Crippen LogP contribution in [-0.4, -0.2) is 29.9 Å². The Morgan fingerprint density at radius 1 is 0.213 bits per heavy atom. The Balaban J connectivity index is 1.09. The molecule has 2 aliphatic rings. The topological polar surface area (TPSA) is 77.3 Å². The minimum atomic E-state index is -0.640. The van der Waals surface area contributed by atoms with Gasteiger partial charge in [0.1, 0.15) is 0 Å². The Bertz CT molecular complexity index is 2960. The molecule has 61 heavy (non-hydrogen) atoms. The first kappa shape index (κ1) is 34.8. The molecular formula is C55H34N6. The first-order valence-corrected chi connectivity index (χ1v) is 20.5. The molecule has 8 aromatic carbocycles. The van der Waals surface area contributed by atoms with Gasteiger partial charge in [0.25, 0.3) is 0 Å². The van der Waals surface area contributed by atoms with Gasteiger partial charge in [0.15, 0.2) is 34.9 Å². The van der Waals surface area contributed by atoms with E-state index in [1.807, 2.05) is 121 Å². The second-order valence-corrected chi connectivity index (χ2v) is 15.4. The summed E-state index contributed by atoms with van der Waals surface area (Å²) in [4.78, 5) is 30.6. The predicted octanol–water partition coefficient (Wildman–Crippen LogP) is 12.4. The average Bonchev–Trinajstić information content (AvgIpc) is 3.81. The highest BCUT2D eigenvalue weighted by molar-refractivity contribution is 5.96. The van der Waals surface area contributed by atoms with E-state index in [9.17, 15) is 0 Å². The third-order valence-electron chi connectivity index (χ3n) is 12.0. The van der Waals surface area contributed by atoms with E-state index >= 15 is 0 Å². The Labute approximate surface area is 353 Å². The molecule has 0 bridgehead atoms. The van der Waals surface area contributed by atoms with Crippen molar-refractivity contribution in [3.8, 4) is 90.6 Å². The lowest BCUT2D eigenvalue weighted by atomic mass is 9.70. The van der Waals surface area contributed by atoms with Gasteiger partial charge in [0, 0.05) is 33.4 Å². The van der Waals surface area contributed by atoms with Gasteiger partial charge in [-0.05, 0) is 56.6 Å². The fraction of sp³-hybridized carbons (Fsp3) is 0.0182. The lowest BCUT2D eigenvalue weighted by Gasteiger charge is -2.31. The number of hydrogen-bond donors (Lipinski definition) is 0. The van der Waals surface area contributed by atoms with Crippen LogP contribution in [0.25, 0.3) is 90.6 Å². The largest absolute Gasteiger partial charge is 0.208 e. The Morgan fingerprint density at radius 2 is 0.475 bits per heavy atom. The molecule has 0 aliphatic heterocycles. The number of fused-ring (bicyclic) bond motifs is 10. The van der Waals surface area contributed by atoms with Gasteiger partial charge in [-0.15, -0.1) is 0 Å². The summed E-state index contributed by atoms with van der Waals surface area (Å²) >= 11 is 0. The van der Waals surface area contributed by atoms with Crippen molar-refractivity contribution in [2.24, 2.45) is 0 Å². The number of hydrogen-bond acceptors (Lipinski definition) is 6. The molecule has 0 saturated carbocycles. The van der Waals surface area contributed by atoms with Crippen LogP contribution in [0.15, 0.2) is 206 Å². The zero-order chi connectivity index (χ0) is 40.3. The predicted molar refractivity (Wildman–Crippen MR) is 242 cm³/mol. The maximum atomic E-state index is 5.15. The molecule has 2 heterocycles. The van der Waals surface area contributed by atoms with E-state index in [0.717, 1.165) is 33.4 Å². The SMILES string of the molecule is c1ccc(-c2nc(-c3ccccc3)nc(-c3ccc4c(c3)C3(c5ccccc5-4)c4ccccc4-c4ccc(-c5nc(-c6ccccc6)nc(-c6ccccc6)n5)cc43)n2)cc1. The molecule has 0 N–H and O–H groups in total. The molecule has 0 amide bonds. The van der Waals surface area contributed by atoms with Crippen LogP contribution in [0.3, 0.4) is 0 Å². The molecule has 0 fully saturated rings. The molecule has 2 aromatic heterocycles. The molecule has 12 rings (SSSR count). The van der Waals surface area contributed by atoms with Gasteiger partial charge < -0.3 is 0 Å². The van der Waals surface area contributed by atoms with Crippen molar-refractivity contribution in [2.75, 3.05) is 0 Å². The third-order valence-corrected chi connectivity index (χ3v) is 12.0. The van der Waals surface area contributed by atoms with Gasteiger partial charge >= 0.3 is 0 Å². The summed E-state index contributed by atoms with van der Waals surface area (Å²) in [6.45, 7) is 0. The molecule has 0 atom stereocenters. The third kappa shape index (κ3) is 5.57. The van der Waals surface area contributed by atoms with Crippen molar-refractivity contribution in [1.29, 1.82) is 0 Å². The van der Waals surface area contributed by atoms with E-state index in [-0.39, 0.29) is 0 Å². The molecule has 0 saturated heterocycles. The van der Waals surface area contributed by atoms with Crippen LogP contribution in [0.4, 0.5) is 0 Å². The van der Waals surface area contributed by atoms with Crippen LogP contribution in [0.5, 0.6) is 0 Å². The quantitative estimate of drug-likeness (QED) is 0.167. The summed E-state index contributed by atoms with van der Waals surface area (Å²) in [7, 11) is 0. The Kier molecular flexibility index (Phi) is 7.96. The highest BCUT2D eigenvalue weighted by atomic mass is 15.0. The van der Waals surface area contributed by atoms with E-state index in [1.54, 1.807) is 0 Å². The second kappa shape index (κ2) is 14.0. The standard InChI is InChI=1S/C55H34N6/c1-5-17-35(18-6-1)49-56-50(36-19-7-2-8-20-36)59-53(58-49)39-29-31-43-41-25-13-15-27-45(41)55(47(43)33-39)46-28-16-14-26-42(46)44-32-30-40(34-48(44)55)54-60-51(37-21-9-3-10-22-37)57-52(61-54)38-23-11-4-12-24-38/h1-34H. The van der Waals surface area contributed by atoms with Gasteiger partial charge in [-0.3, -0.25) is 0 Å². The molecule has 0 unspecified atom stereocenters. The highest BCUT2D eigenvalue weighted by Gasteiger charge is 2.52. The molecule has 0 radical (unpaired) electrons. The first-order valence-electron chi connectivity index (χ1n) is 20.5. The Morgan fingerprint density at radius 3 is 0.803 bits per heavy atom. The van der Waals surface area contributed by atoms with Crippen molar-refractivity contribution in [3.05, 3.63) is 229 Å². The number of nitrogens with zero attached hydrogens (tertiary/aromatic N) is 6. The fourth-order valence-electron chi connectivity index (χ4n) is 9.29. The second-order valence-electron chi connectivity index (χ2n) is 15.4. The highest BCUT2D eigenvalue weighted by Crippen LogP contribution is 2.63. The van der Waals surface area contributed by atoms with E-state index in [2.05, 4.69) is 84.9 Å². The normalized spacial score (nSPS) is 12.7. The smallest absolute Gasteiger partial charge is 0.164 e. The fourth-order valence-corrected chi connectivity index (χ4v) is 9.29. The summed E-state index contributed by atoms with van der Waals surface area (Å²) in [6, 6.07) is 71.7. The van der Waals surface area contributed by atoms with Crippen LogP contribution >= 0.6 is 0 Å². The van der Waals surface area contributed by atoms with Gasteiger partial charge in [0.2, 0.25) is 0 Å². The summed E-state index contributed by atoms with van der Waals surface area (Å²) in [5, 5.41) is 0. The lowest BCUT2D eigenvalue weighted by Crippen LogP contribution is -2.26. The van der Waals surface area contributed by atoms with Crippen molar-refractivity contribution in [3.63, 3.8) is 0 Å². The molecule has 1 spiro atoms. The lowest BCUT2D eigenvalue weighted by molar-refractivity contribution is 0.794. The zero-order valence-electron chi connectivity index (χ0n) is 32.8. The molecular weight excluding hydrogens is 745 g/mol. The molecule has 284 valence electrons. The van der Waals surface area contributed by atoms with Crippen molar-refractivity contribution in [1.82, 2.24) is 29.9 Å². The van der Waals surface area contributed by atoms with Gasteiger partial charge in [-0.1, -0.05) is 194 Å². The first-order chi connectivity index (χ1) is 30.2. The monoisotopic (exact) mass is 778 g/mol. The minimum Gasteiger partial charge on any atom is -0.208 e. The zero-order valence-corrected chi connectivity index (χ0v) is 32.8. The van der Waals surface area contributed by atoms with Crippen LogP contribution in [0.2, 0.25) is 0 Å². The van der Waals surface area contributed by atoms with Crippen molar-refractivity contribution in [2.45, 2.75) is 5.41 Å². The average molecular weight is 779 g/mol. The summed E-state index contributed by atoms with van der Waals surface area (Å²) in [5.74, 6) is 3.76. The summed E-state index contributed by atoms with van der Waals surface area (Å²) in [6.07, 6.45) is 0. The van der Waals surface area contributed by atoms with Gasteiger partial charge in [-0.25, -0.2) is 29.9 Å². The van der Waals surface area contributed by atoms with Crippen molar-refractivity contribution >= 4 is 0 Å². The maximum absolute atomic E-state index is 5.15. The minimum absolute atomic E-state index is 0.619. The van der Waals surface area contributed by atoms with E-state index in [1.165, 1.54) is 44.5 Å². The Hall–Kier alpha value is -8.22. The summed E-state index contributed by atoms with van der Waals surface area (Å²) in [5.41, 5.74) is 14.6. The molecule has 10 aromatic rings. The van der Waals surface area contributed by atoms with E-state index < -0.39 is 5.41 Å². The summed E-state index contributed by atoms with van der Waals surface area (Å²) < 4.78 is 0. The number of benzene rings is 8. The molecule has 6 heteroatoms. The molecule has 6 nitrogen and oxygen atoms in total. The maximum Gasteiger partial charge on any atom is 0.164 e. The van der Waals surface area contributed by atoms with Gasteiger partial charge in [-0.2, -0.15) is 0 Å². The number of aromatic nitrogens is 6. The van der Waals surface area contributed by atoms with E-state index in [0.29, 0.717) is 34.9 Å². The van der Waals surface area contributed by atoms with Crippen LogP contribution in [0, 0.1) is 0 Å².